The maximum atomic E-state index is 11.7. The molecule has 26 heavy (non-hydrogen) atoms. The Morgan fingerprint density at radius 2 is 1.73 bits per heavy atom. The molecule has 0 aromatic carbocycles. The van der Waals surface area contributed by atoms with Crippen LogP contribution >= 0.6 is 0 Å². The smallest absolute Gasteiger partial charge is 0.203 e. The topological polar surface area (TPSA) is 110 Å². The first-order chi connectivity index (χ1) is 12.1. The van der Waals surface area contributed by atoms with E-state index in [9.17, 15) is 25.5 Å². The van der Waals surface area contributed by atoms with Crippen molar-refractivity contribution in [3.8, 4) is 0 Å². The van der Waals surface area contributed by atoms with Gasteiger partial charge in [-0.25, -0.2) is 0 Å². The van der Waals surface area contributed by atoms with E-state index in [1.54, 1.807) is 0 Å². The lowest BCUT2D eigenvalue weighted by atomic mass is 9.35. The molecule has 6 aliphatic rings. The zero-order chi connectivity index (χ0) is 18.9. The summed E-state index contributed by atoms with van der Waals surface area (Å²) in [6.07, 6.45) is -1.53. The second kappa shape index (κ2) is 4.73. The Kier molecular flexibility index (Phi) is 3.20. The van der Waals surface area contributed by atoms with Crippen LogP contribution < -0.4 is 0 Å². The van der Waals surface area contributed by atoms with Crippen molar-refractivity contribution in [2.24, 2.45) is 34.0 Å². The lowest BCUT2D eigenvalue weighted by Gasteiger charge is -2.75. The lowest BCUT2D eigenvalue weighted by Crippen LogP contribution is -2.86. The summed E-state index contributed by atoms with van der Waals surface area (Å²) >= 11 is 0. The molecule has 2 heterocycles. The van der Waals surface area contributed by atoms with Crippen LogP contribution in [-0.4, -0.2) is 62.3 Å². The highest BCUT2D eigenvalue weighted by Gasteiger charge is 2.86. The van der Waals surface area contributed by atoms with Gasteiger partial charge in [0.2, 0.25) is 5.79 Å². The molecular weight excluding hydrogens is 336 g/mol. The summed E-state index contributed by atoms with van der Waals surface area (Å²) in [4.78, 5) is 0. The predicted molar refractivity (Wildman–Crippen MR) is 91.7 cm³/mol. The van der Waals surface area contributed by atoms with E-state index < -0.39 is 41.0 Å². The van der Waals surface area contributed by atoms with Crippen molar-refractivity contribution in [2.45, 2.75) is 69.7 Å². The number of fused-ring (bicyclic) bond motifs is 2. The first-order valence-corrected chi connectivity index (χ1v) is 9.84. The van der Waals surface area contributed by atoms with Gasteiger partial charge >= 0.3 is 0 Å². The molecule has 2 saturated heterocycles. The van der Waals surface area contributed by atoms with E-state index in [2.05, 4.69) is 20.4 Å². The molecule has 146 valence electrons. The molecule has 5 N–H and O–H groups in total. The van der Waals surface area contributed by atoms with Crippen LogP contribution in [0.1, 0.15) is 39.5 Å². The van der Waals surface area contributed by atoms with Gasteiger partial charge in [-0.3, -0.25) is 0 Å². The zero-order valence-corrected chi connectivity index (χ0v) is 15.4. The second-order valence-corrected chi connectivity index (χ2v) is 10.2. The normalized spacial score (nSPS) is 62.7. The van der Waals surface area contributed by atoms with E-state index in [0.717, 1.165) is 6.42 Å². The van der Waals surface area contributed by atoms with Crippen molar-refractivity contribution in [1.29, 1.82) is 0 Å². The fourth-order valence-corrected chi connectivity index (χ4v) is 8.15. The van der Waals surface area contributed by atoms with Gasteiger partial charge in [-0.2, -0.15) is 0 Å². The second-order valence-electron chi connectivity index (χ2n) is 10.2. The molecule has 0 amide bonds. The van der Waals surface area contributed by atoms with Crippen LogP contribution in [0.3, 0.4) is 0 Å². The molecule has 2 aliphatic heterocycles. The van der Waals surface area contributed by atoms with E-state index in [4.69, 9.17) is 4.74 Å². The molecule has 6 rings (SSSR count). The Bertz CT molecular complexity index is 677. The van der Waals surface area contributed by atoms with Gasteiger partial charge in [0, 0.05) is 17.3 Å². The molecule has 3 unspecified atom stereocenters. The van der Waals surface area contributed by atoms with Crippen molar-refractivity contribution in [3.05, 3.63) is 12.2 Å². The summed E-state index contributed by atoms with van der Waals surface area (Å²) in [5, 5.41) is 56.5. The Hall–Kier alpha value is -0.500. The van der Waals surface area contributed by atoms with Gasteiger partial charge < -0.3 is 30.3 Å². The van der Waals surface area contributed by atoms with E-state index in [0.29, 0.717) is 24.8 Å². The van der Waals surface area contributed by atoms with Crippen LogP contribution in [0.4, 0.5) is 0 Å². The molecule has 2 spiro atoms. The standard InChI is InChI=1S/C20H30O6/c1-9-10-4-5-11-18-8-26-20(25,19(11,14(9)22)15(10)23)16(24)13(18)17(2,3)7-6-12(18)21/h10-16,21-25H,1,4-8H2,2-3H3/t10-,11-,12-,13+,14?,15+,16+,18?,19?,20+/m0/s1. The summed E-state index contributed by atoms with van der Waals surface area (Å²) in [5.41, 5.74) is -2.01. The predicted octanol–water partition coefficient (Wildman–Crippen LogP) is 0.167. The van der Waals surface area contributed by atoms with E-state index >= 15 is 0 Å². The van der Waals surface area contributed by atoms with Crippen molar-refractivity contribution >= 4 is 0 Å². The van der Waals surface area contributed by atoms with Crippen LogP contribution in [-0.2, 0) is 4.74 Å². The van der Waals surface area contributed by atoms with Gasteiger partial charge in [-0.15, -0.1) is 0 Å². The number of aliphatic hydroxyl groups is 5. The minimum atomic E-state index is -2.05. The lowest BCUT2D eigenvalue weighted by molar-refractivity contribution is -0.476. The molecule has 4 saturated carbocycles. The van der Waals surface area contributed by atoms with Crippen LogP contribution in [0.5, 0.6) is 0 Å². The first kappa shape index (κ1) is 17.6. The third-order valence-electron chi connectivity index (χ3n) is 9.12. The summed E-state index contributed by atoms with van der Waals surface area (Å²) < 4.78 is 5.86. The molecule has 4 bridgehead atoms. The van der Waals surface area contributed by atoms with Crippen LogP contribution in [0.15, 0.2) is 12.2 Å². The summed E-state index contributed by atoms with van der Waals surface area (Å²) in [5.74, 6) is -3.06. The number of hydrogen-bond donors (Lipinski definition) is 5. The van der Waals surface area contributed by atoms with Crippen LogP contribution in [0, 0.1) is 34.0 Å². The molecule has 0 aromatic heterocycles. The monoisotopic (exact) mass is 366 g/mol. The van der Waals surface area contributed by atoms with Crippen molar-refractivity contribution in [2.75, 3.05) is 6.61 Å². The first-order valence-electron chi connectivity index (χ1n) is 9.84. The molecule has 0 aromatic rings. The quantitative estimate of drug-likeness (QED) is 0.391. The maximum Gasteiger partial charge on any atom is 0.203 e. The molecule has 6 nitrogen and oxygen atoms in total. The number of hydrogen-bond acceptors (Lipinski definition) is 6. The average Bonchev–Trinajstić information content (AvgIpc) is 2.69. The number of rotatable bonds is 0. The average molecular weight is 366 g/mol. The summed E-state index contributed by atoms with van der Waals surface area (Å²) in [7, 11) is 0. The molecule has 0 radical (unpaired) electrons. The summed E-state index contributed by atoms with van der Waals surface area (Å²) in [6.45, 7) is 8.25. The van der Waals surface area contributed by atoms with Crippen molar-refractivity contribution in [3.63, 3.8) is 0 Å². The third-order valence-corrected chi connectivity index (χ3v) is 9.12. The highest BCUT2D eigenvalue weighted by Crippen LogP contribution is 2.77. The molecule has 6 fully saturated rings. The maximum absolute atomic E-state index is 11.7. The number of ether oxygens (including phenoxy) is 1. The Balaban J connectivity index is 1.80. The SMILES string of the molecule is C=C1C(O)C23[C@H](O)[C@H]1CC[C@H]2C12CO[C@]3(O)[C@H](O)[C@@H]1C(C)(C)CC[C@@H]2O. The third kappa shape index (κ3) is 1.45. The minimum absolute atomic E-state index is 0.138. The Morgan fingerprint density at radius 1 is 1.04 bits per heavy atom. The fourth-order valence-electron chi connectivity index (χ4n) is 8.15. The minimum Gasteiger partial charge on any atom is -0.392 e. The van der Waals surface area contributed by atoms with E-state index in [1.165, 1.54) is 0 Å². The van der Waals surface area contributed by atoms with Crippen LogP contribution in [0.25, 0.3) is 0 Å². The van der Waals surface area contributed by atoms with Gasteiger partial charge in [-0.1, -0.05) is 20.4 Å². The van der Waals surface area contributed by atoms with Gasteiger partial charge in [0.1, 0.15) is 6.10 Å². The number of aliphatic hydroxyl groups excluding tert-OH is 4. The van der Waals surface area contributed by atoms with Gasteiger partial charge in [-0.05, 0) is 42.6 Å². The van der Waals surface area contributed by atoms with E-state index in [1.807, 2.05) is 0 Å². The Labute approximate surface area is 153 Å². The molecule has 6 heteroatoms. The van der Waals surface area contributed by atoms with Crippen molar-refractivity contribution < 1.29 is 30.3 Å². The summed E-state index contributed by atoms with van der Waals surface area (Å²) in [6, 6.07) is 0. The van der Waals surface area contributed by atoms with Crippen molar-refractivity contribution in [1.82, 2.24) is 0 Å². The molecule has 4 aliphatic carbocycles. The molecule has 10 atom stereocenters. The molecular formula is C20H30O6. The largest absolute Gasteiger partial charge is 0.392 e. The van der Waals surface area contributed by atoms with Gasteiger partial charge in [0.15, 0.2) is 0 Å². The Morgan fingerprint density at radius 3 is 2.42 bits per heavy atom. The van der Waals surface area contributed by atoms with E-state index in [-0.39, 0.29) is 29.8 Å². The van der Waals surface area contributed by atoms with Crippen LogP contribution in [0.2, 0.25) is 0 Å². The van der Waals surface area contributed by atoms with Gasteiger partial charge in [0.25, 0.3) is 0 Å². The highest BCUT2D eigenvalue weighted by atomic mass is 16.6. The van der Waals surface area contributed by atoms with Gasteiger partial charge in [0.05, 0.1) is 30.3 Å². The zero-order valence-electron chi connectivity index (χ0n) is 15.4. The fraction of sp³-hybridized carbons (Fsp3) is 0.900. The highest BCUT2D eigenvalue weighted by molar-refractivity contribution is 5.37.